The quantitative estimate of drug-likeness (QED) is 0.442. The third-order valence-corrected chi connectivity index (χ3v) is 5.13. The van der Waals surface area contributed by atoms with E-state index in [1.807, 2.05) is 6.92 Å². The highest BCUT2D eigenvalue weighted by molar-refractivity contribution is 6.31. The van der Waals surface area contributed by atoms with E-state index in [1.165, 1.54) is 24.6 Å². The molecule has 0 fully saturated rings. The van der Waals surface area contributed by atoms with Gasteiger partial charge in [-0.05, 0) is 49.4 Å². The summed E-state index contributed by atoms with van der Waals surface area (Å²) in [5, 5.41) is 11.8. The lowest BCUT2D eigenvalue weighted by Crippen LogP contribution is -2.37. The number of nitrogens with two attached hydrogens (primary N) is 1. The van der Waals surface area contributed by atoms with Crippen LogP contribution in [0.1, 0.15) is 35.6 Å². The third kappa shape index (κ3) is 4.31. The van der Waals surface area contributed by atoms with Gasteiger partial charge in [0.15, 0.2) is 0 Å². The number of nitrogens with one attached hydrogen (secondary N) is 1. The van der Waals surface area contributed by atoms with Gasteiger partial charge in [0.2, 0.25) is 0 Å². The van der Waals surface area contributed by atoms with Gasteiger partial charge in [-0.15, -0.1) is 0 Å². The molecule has 146 valence electrons. The number of halogens is 1. The zero-order chi connectivity index (χ0) is 20.1. The standard InChI is InChI=1S/C20H22ClN5O2/c1-13(15-8-3-6-14-7-4-9-16(14)15)24-28-12-17-18(21)10-5-11-19(17)23-20(27)26(2)25-22/h3,5-6,8,10-11,22H,4,7,9,12H2,1-2H3,(H,23,27)/p+1/b24-13-,25-22?. The third-order valence-electron chi connectivity index (χ3n) is 4.77. The predicted molar refractivity (Wildman–Crippen MR) is 108 cm³/mol. The molecule has 0 aliphatic heterocycles. The molecule has 3 rings (SSSR count). The first-order chi connectivity index (χ1) is 13.5. The van der Waals surface area contributed by atoms with E-state index in [1.54, 1.807) is 18.2 Å². The molecule has 1 aliphatic carbocycles. The summed E-state index contributed by atoms with van der Waals surface area (Å²) < 4.78 is 0. The van der Waals surface area contributed by atoms with Crippen molar-refractivity contribution < 1.29 is 15.2 Å². The average Bonchev–Trinajstić information content (AvgIpc) is 3.18. The Morgan fingerprint density at radius 1 is 1.29 bits per heavy atom. The van der Waals surface area contributed by atoms with Crippen LogP contribution >= 0.6 is 11.6 Å². The molecule has 2 amide bonds. The Balaban J connectivity index is 1.74. The molecule has 7 nitrogen and oxygen atoms in total. The van der Waals surface area contributed by atoms with Crippen molar-refractivity contribution in [3.05, 3.63) is 63.7 Å². The van der Waals surface area contributed by atoms with E-state index in [4.69, 9.17) is 22.0 Å². The fraction of sp³-hybridized carbons (Fsp3) is 0.300. The van der Waals surface area contributed by atoms with E-state index in [-0.39, 0.29) is 6.61 Å². The van der Waals surface area contributed by atoms with Crippen LogP contribution in [0.3, 0.4) is 0 Å². The lowest BCUT2D eigenvalue weighted by atomic mass is 10.0. The molecule has 2 aromatic carbocycles. The van der Waals surface area contributed by atoms with Crippen molar-refractivity contribution in [2.45, 2.75) is 32.8 Å². The van der Waals surface area contributed by atoms with E-state index < -0.39 is 6.03 Å². The van der Waals surface area contributed by atoms with Crippen molar-refractivity contribution in [2.24, 2.45) is 10.4 Å². The van der Waals surface area contributed by atoms with Crippen LogP contribution in [0.2, 0.25) is 5.02 Å². The van der Waals surface area contributed by atoms with Gasteiger partial charge in [-0.3, -0.25) is 5.32 Å². The molecule has 1 aliphatic rings. The second kappa shape index (κ2) is 8.84. The predicted octanol–water partition coefficient (Wildman–Crippen LogP) is 3.36. The Morgan fingerprint density at radius 2 is 2.07 bits per heavy atom. The van der Waals surface area contributed by atoms with Crippen molar-refractivity contribution in [1.82, 2.24) is 5.01 Å². The summed E-state index contributed by atoms with van der Waals surface area (Å²) in [7, 11) is 1.45. The highest BCUT2D eigenvalue weighted by Gasteiger charge is 2.18. The Morgan fingerprint density at radius 3 is 2.86 bits per heavy atom. The molecule has 0 spiro atoms. The number of hydrogen-bond acceptors (Lipinski definition) is 4. The lowest BCUT2D eigenvalue weighted by molar-refractivity contribution is -0.248. The Labute approximate surface area is 168 Å². The van der Waals surface area contributed by atoms with Gasteiger partial charge in [0.25, 0.3) is 0 Å². The average molecular weight is 401 g/mol. The maximum Gasteiger partial charge on any atom is 0.433 e. The Bertz CT molecular complexity index is 929. The van der Waals surface area contributed by atoms with Crippen LogP contribution in [0.4, 0.5) is 10.5 Å². The van der Waals surface area contributed by atoms with Crippen LogP contribution < -0.4 is 10.8 Å². The molecule has 0 unspecified atom stereocenters. The number of oxime groups is 1. The molecule has 3 N–H and O–H groups in total. The van der Waals surface area contributed by atoms with Crippen LogP contribution in [0.15, 0.2) is 46.8 Å². The number of urea groups is 1. The molecule has 0 atom stereocenters. The topological polar surface area (TPSA) is 91.9 Å². The maximum absolute atomic E-state index is 12.0. The van der Waals surface area contributed by atoms with Crippen LogP contribution in [0, 0.1) is 0 Å². The minimum atomic E-state index is -0.481. The molecular weight excluding hydrogens is 378 g/mol. The second-order valence-corrected chi connectivity index (χ2v) is 6.99. The number of anilines is 1. The largest absolute Gasteiger partial charge is 0.433 e. The number of benzene rings is 2. The smallest absolute Gasteiger partial charge is 0.391 e. The minimum absolute atomic E-state index is 0.116. The molecule has 0 saturated carbocycles. The molecule has 0 bridgehead atoms. The van der Waals surface area contributed by atoms with E-state index in [2.05, 4.69) is 33.9 Å². The summed E-state index contributed by atoms with van der Waals surface area (Å²) in [5.41, 5.74) is 10.9. The van der Waals surface area contributed by atoms with Gasteiger partial charge in [-0.2, -0.15) is 5.53 Å². The molecule has 0 heterocycles. The van der Waals surface area contributed by atoms with Crippen molar-refractivity contribution in [3.63, 3.8) is 0 Å². The lowest BCUT2D eigenvalue weighted by Gasteiger charge is -2.12. The number of amides is 2. The highest BCUT2D eigenvalue weighted by Crippen LogP contribution is 2.27. The van der Waals surface area contributed by atoms with Gasteiger partial charge < -0.3 is 4.84 Å². The summed E-state index contributed by atoms with van der Waals surface area (Å²) in [5.74, 6) is 0. The van der Waals surface area contributed by atoms with Gasteiger partial charge in [0.05, 0.1) is 16.6 Å². The van der Waals surface area contributed by atoms with Gasteiger partial charge >= 0.3 is 6.03 Å². The van der Waals surface area contributed by atoms with Crippen LogP contribution in [0.25, 0.3) is 0 Å². The van der Waals surface area contributed by atoms with Crippen LogP contribution in [0.5, 0.6) is 0 Å². The van der Waals surface area contributed by atoms with Crippen molar-refractivity contribution in [2.75, 3.05) is 12.4 Å². The number of fused-ring (bicyclic) bond motifs is 1. The highest BCUT2D eigenvalue weighted by atomic mass is 35.5. The SMILES string of the molecule is C/C(=N/OCc1c(Cl)cccc1NC(=O)N(C)N=[NH2+])c1cccc2c1CCC2. The zero-order valence-corrected chi connectivity index (χ0v) is 16.7. The molecule has 0 saturated heterocycles. The first kappa shape index (κ1) is 19.8. The Kier molecular flexibility index (Phi) is 6.26. The van der Waals surface area contributed by atoms with E-state index in [0.29, 0.717) is 16.3 Å². The summed E-state index contributed by atoms with van der Waals surface area (Å²) in [6, 6.07) is 11.0. The van der Waals surface area contributed by atoms with E-state index in [0.717, 1.165) is 29.1 Å². The number of rotatable bonds is 6. The molecular formula is C20H23ClN5O2+. The molecule has 0 radical (unpaired) electrons. The zero-order valence-electron chi connectivity index (χ0n) is 15.9. The molecule has 2 aromatic rings. The summed E-state index contributed by atoms with van der Waals surface area (Å²) >= 11 is 6.29. The van der Waals surface area contributed by atoms with E-state index in [9.17, 15) is 4.79 Å². The second-order valence-electron chi connectivity index (χ2n) is 6.58. The molecule has 8 heteroatoms. The Hall–Kier alpha value is -2.93. The monoisotopic (exact) mass is 400 g/mol. The molecule has 0 aromatic heterocycles. The summed E-state index contributed by atoms with van der Waals surface area (Å²) in [6.45, 7) is 2.05. The number of hydrogen-bond donors (Lipinski definition) is 2. The summed E-state index contributed by atoms with van der Waals surface area (Å²) in [6.07, 6.45) is 3.36. The fourth-order valence-electron chi connectivity index (χ4n) is 3.27. The van der Waals surface area contributed by atoms with Gasteiger partial charge in [-0.25, -0.2) is 4.79 Å². The number of carbonyl (C=O) groups is 1. The maximum atomic E-state index is 12.0. The normalized spacial score (nSPS) is 13.0. The van der Waals surface area contributed by atoms with Gasteiger partial charge in [0, 0.05) is 16.1 Å². The number of carbonyl (C=O) groups excluding carboxylic acids is 1. The van der Waals surface area contributed by atoms with E-state index >= 15 is 0 Å². The van der Waals surface area contributed by atoms with Crippen molar-refractivity contribution in [1.29, 1.82) is 0 Å². The van der Waals surface area contributed by atoms with Crippen molar-refractivity contribution >= 4 is 29.0 Å². The van der Waals surface area contributed by atoms with Crippen LogP contribution in [-0.4, -0.2) is 23.8 Å². The van der Waals surface area contributed by atoms with Gasteiger partial charge in [0.1, 0.15) is 13.7 Å². The van der Waals surface area contributed by atoms with Gasteiger partial charge in [-0.1, -0.05) is 46.0 Å². The first-order valence-corrected chi connectivity index (χ1v) is 9.39. The molecule has 28 heavy (non-hydrogen) atoms. The summed E-state index contributed by atoms with van der Waals surface area (Å²) in [4.78, 5) is 17.6. The first-order valence-electron chi connectivity index (χ1n) is 9.02. The fourth-order valence-corrected chi connectivity index (χ4v) is 3.50. The van der Waals surface area contributed by atoms with Crippen LogP contribution in [-0.2, 0) is 24.3 Å². The minimum Gasteiger partial charge on any atom is -0.391 e. The number of aryl methyl sites for hydroxylation is 1. The van der Waals surface area contributed by atoms with Crippen molar-refractivity contribution in [3.8, 4) is 0 Å². The number of nitrogens with zero attached hydrogens (tertiary/aromatic N) is 3.